The van der Waals surface area contributed by atoms with Crippen molar-refractivity contribution >= 4 is 5.82 Å². The van der Waals surface area contributed by atoms with E-state index in [1.165, 1.54) is 12.8 Å². The number of rotatable bonds is 3. The maximum absolute atomic E-state index is 4.24. The van der Waals surface area contributed by atoms with E-state index in [0.29, 0.717) is 6.04 Å². The molecule has 1 atom stereocenters. The van der Waals surface area contributed by atoms with E-state index in [-0.39, 0.29) is 0 Å². The van der Waals surface area contributed by atoms with E-state index in [1.54, 1.807) is 12.4 Å². The van der Waals surface area contributed by atoms with Gasteiger partial charge in [0.2, 0.25) is 0 Å². The van der Waals surface area contributed by atoms with Gasteiger partial charge in [-0.1, -0.05) is 0 Å². The molecule has 2 aromatic heterocycles. The average molecular weight is 255 g/mol. The van der Waals surface area contributed by atoms with Crippen LogP contribution in [0.1, 0.15) is 12.8 Å². The molecule has 0 radical (unpaired) electrons. The maximum atomic E-state index is 4.24. The van der Waals surface area contributed by atoms with Gasteiger partial charge >= 0.3 is 0 Å². The summed E-state index contributed by atoms with van der Waals surface area (Å²) in [5.74, 6) is 0.835. The summed E-state index contributed by atoms with van der Waals surface area (Å²) in [6, 6.07) is 8.28. The Morgan fingerprint density at radius 1 is 1.21 bits per heavy atom. The van der Waals surface area contributed by atoms with Crippen molar-refractivity contribution in [1.82, 2.24) is 20.5 Å². The Balaban J connectivity index is 1.68. The summed E-state index contributed by atoms with van der Waals surface area (Å²) >= 11 is 0. The SMILES string of the molecule is c1cncc(-c2ccc(NC3CCCNC3)nn2)c1. The molecule has 2 aromatic rings. The molecule has 1 aliphatic heterocycles. The monoisotopic (exact) mass is 255 g/mol. The number of piperidine rings is 1. The van der Waals surface area contributed by atoms with Gasteiger partial charge in [0.05, 0.1) is 5.69 Å². The van der Waals surface area contributed by atoms with Crippen LogP contribution >= 0.6 is 0 Å². The number of anilines is 1. The van der Waals surface area contributed by atoms with Gasteiger partial charge in [0.15, 0.2) is 0 Å². The molecular formula is C14H17N5. The van der Waals surface area contributed by atoms with E-state index in [4.69, 9.17) is 0 Å². The molecule has 19 heavy (non-hydrogen) atoms. The van der Waals surface area contributed by atoms with Crippen LogP contribution in [0.25, 0.3) is 11.3 Å². The molecule has 98 valence electrons. The van der Waals surface area contributed by atoms with Crippen LogP contribution in [0.5, 0.6) is 0 Å². The molecule has 2 N–H and O–H groups in total. The van der Waals surface area contributed by atoms with Crippen LogP contribution in [0.15, 0.2) is 36.7 Å². The number of hydrogen-bond donors (Lipinski definition) is 2. The molecular weight excluding hydrogens is 238 g/mol. The largest absolute Gasteiger partial charge is 0.365 e. The van der Waals surface area contributed by atoms with E-state index in [9.17, 15) is 0 Å². The summed E-state index contributed by atoms with van der Waals surface area (Å²) in [6.07, 6.45) is 5.93. The van der Waals surface area contributed by atoms with Gasteiger partial charge in [-0.25, -0.2) is 0 Å². The van der Waals surface area contributed by atoms with Crippen LogP contribution < -0.4 is 10.6 Å². The fraction of sp³-hybridized carbons (Fsp3) is 0.357. The molecule has 1 aliphatic rings. The highest BCUT2D eigenvalue weighted by atomic mass is 15.2. The molecule has 0 aromatic carbocycles. The maximum Gasteiger partial charge on any atom is 0.148 e. The molecule has 3 rings (SSSR count). The summed E-state index contributed by atoms with van der Waals surface area (Å²) in [5.41, 5.74) is 1.83. The first kappa shape index (κ1) is 12.0. The average Bonchev–Trinajstić information content (AvgIpc) is 2.50. The highest BCUT2D eigenvalue weighted by Crippen LogP contribution is 2.16. The minimum atomic E-state index is 0.451. The predicted molar refractivity (Wildman–Crippen MR) is 74.8 cm³/mol. The second-order valence-corrected chi connectivity index (χ2v) is 4.73. The Morgan fingerprint density at radius 2 is 2.21 bits per heavy atom. The summed E-state index contributed by atoms with van der Waals surface area (Å²) in [7, 11) is 0. The smallest absolute Gasteiger partial charge is 0.148 e. The fourth-order valence-electron chi connectivity index (χ4n) is 2.26. The second-order valence-electron chi connectivity index (χ2n) is 4.73. The van der Waals surface area contributed by atoms with Gasteiger partial charge in [-0.15, -0.1) is 10.2 Å². The van der Waals surface area contributed by atoms with Gasteiger partial charge in [0.1, 0.15) is 5.82 Å². The van der Waals surface area contributed by atoms with E-state index < -0.39 is 0 Å². The number of hydrogen-bond acceptors (Lipinski definition) is 5. The van der Waals surface area contributed by atoms with Crippen molar-refractivity contribution < 1.29 is 0 Å². The van der Waals surface area contributed by atoms with Crippen molar-refractivity contribution in [3.8, 4) is 11.3 Å². The van der Waals surface area contributed by atoms with Gasteiger partial charge in [0, 0.05) is 30.5 Å². The number of nitrogens with zero attached hydrogens (tertiary/aromatic N) is 3. The lowest BCUT2D eigenvalue weighted by Gasteiger charge is -2.23. The highest BCUT2D eigenvalue weighted by Gasteiger charge is 2.13. The van der Waals surface area contributed by atoms with Crippen molar-refractivity contribution in [3.63, 3.8) is 0 Å². The van der Waals surface area contributed by atoms with Crippen LogP contribution in [0.3, 0.4) is 0 Å². The lowest BCUT2D eigenvalue weighted by Crippen LogP contribution is -2.38. The molecule has 0 amide bonds. The zero-order valence-electron chi connectivity index (χ0n) is 10.7. The molecule has 0 spiro atoms. The van der Waals surface area contributed by atoms with Crippen LogP contribution in [0.2, 0.25) is 0 Å². The lowest BCUT2D eigenvalue weighted by atomic mass is 10.1. The first-order chi connectivity index (χ1) is 9.42. The Kier molecular flexibility index (Phi) is 3.65. The second kappa shape index (κ2) is 5.75. The van der Waals surface area contributed by atoms with Gasteiger partial charge < -0.3 is 10.6 Å². The van der Waals surface area contributed by atoms with Crippen LogP contribution in [0, 0.1) is 0 Å². The van der Waals surface area contributed by atoms with Crippen molar-refractivity contribution in [2.45, 2.75) is 18.9 Å². The number of pyridine rings is 1. The summed E-state index contributed by atoms with van der Waals surface area (Å²) < 4.78 is 0. The first-order valence-corrected chi connectivity index (χ1v) is 6.63. The molecule has 1 fully saturated rings. The lowest BCUT2D eigenvalue weighted by molar-refractivity contribution is 0.478. The van der Waals surface area contributed by atoms with E-state index in [2.05, 4.69) is 25.8 Å². The van der Waals surface area contributed by atoms with Crippen LogP contribution in [-0.4, -0.2) is 34.3 Å². The fourth-order valence-corrected chi connectivity index (χ4v) is 2.26. The number of nitrogens with one attached hydrogen (secondary N) is 2. The molecule has 3 heterocycles. The highest BCUT2D eigenvalue weighted by molar-refractivity contribution is 5.58. The summed E-state index contributed by atoms with van der Waals surface area (Å²) in [5, 5.41) is 15.3. The zero-order valence-corrected chi connectivity index (χ0v) is 10.7. The van der Waals surface area contributed by atoms with Crippen LogP contribution in [-0.2, 0) is 0 Å². The van der Waals surface area contributed by atoms with Crippen molar-refractivity contribution in [2.75, 3.05) is 18.4 Å². The number of aromatic nitrogens is 3. The van der Waals surface area contributed by atoms with Gasteiger partial charge in [0.25, 0.3) is 0 Å². The first-order valence-electron chi connectivity index (χ1n) is 6.63. The Bertz CT molecular complexity index is 505. The molecule has 5 nitrogen and oxygen atoms in total. The third-order valence-corrected chi connectivity index (χ3v) is 3.27. The molecule has 0 saturated carbocycles. The third-order valence-electron chi connectivity index (χ3n) is 3.27. The molecule has 0 bridgehead atoms. The van der Waals surface area contributed by atoms with Gasteiger partial charge in [-0.05, 0) is 43.7 Å². The van der Waals surface area contributed by atoms with Crippen LogP contribution in [0.4, 0.5) is 5.82 Å². The Labute approximate surface area is 112 Å². The normalized spacial score (nSPS) is 19.1. The standard InChI is InChI=1S/C14H17N5/c1-3-11(9-15-7-1)13-5-6-14(19-18-13)17-12-4-2-8-16-10-12/h1,3,5-7,9,12,16H,2,4,8,10H2,(H,17,19). The van der Waals surface area contributed by atoms with Gasteiger partial charge in [-0.2, -0.15) is 0 Å². The Hall–Kier alpha value is -2.01. The summed E-state index contributed by atoms with van der Waals surface area (Å²) in [6.45, 7) is 2.11. The van der Waals surface area contributed by atoms with E-state index in [0.717, 1.165) is 30.2 Å². The molecule has 1 saturated heterocycles. The summed E-state index contributed by atoms with van der Waals surface area (Å²) in [4.78, 5) is 4.09. The van der Waals surface area contributed by atoms with Gasteiger partial charge in [-0.3, -0.25) is 4.98 Å². The van der Waals surface area contributed by atoms with Crippen molar-refractivity contribution in [2.24, 2.45) is 0 Å². The van der Waals surface area contributed by atoms with E-state index in [1.807, 2.05) is 24.3 Å². The minimum Gasteiger partial charge on any atom is -0.365 e. The third kappa shape index (κ3) is 3.06. The Morgan fingerprint density at radius 3 is 2.89 bits per heavy atom. The molecule has 0 aliphatic carbocycles. The quantitative estimate of drug-likeness (QED) is 0.874. The van der Waals surface area contributed by atoms with E-state index >= 15 is 0 Å². The molecule has 1 unspecified atom stereocenters. The minimum absolute atomic E-state index is 0.451. The van der Waals surface area contributed by atoms with Crippen molar-refractivity contribution in [3.05, 3.63) is 36.7 Å². The predicted octanol–water partition coefficient (Wildman–Crippen LogP) is 1.70. The molecule has 5 heteroatoms. The zero-order chi connectivity index (χ0) is 12.9. The van der Waals surface area contributed by atoms with Crippen molar-refractivity contribution in [1.29, 1.82) is 0 Å². The topological polar surface area (TPSA) is 62.7 Å².